The fourth-order valence-electron chi connectivity index (χ4n) is 3.99. The summed E-state index contributed by atoms with van der Waals surface area (Å²) < 4.78 is 13.0. The highest BCUT2D eigenvalue weighted by molar-refractivity contribution is 7.99. The molecule has 0 spiro atoms. The van der Waals surface area contributed by atoms with Crippen LogP contribution < -0.4 is 20.5 Å². The maximum absolute atomic E-state index is 12.1. The van der Waals surface area contributed by atoms with E-state index in [0.29, 0.717) is 19.5 Å². The summed E-state index contributed by atoms with van der Waals surface area (Å²) in [4.78, 5) is 17.2. The molecular weight excluding hydrogens is 472 g/mol. The highest BCUT2D eigenvalue weighted by Crippen LogP contribution is 2.37. The molecule has 7 nitrogen and oxygen atoms in total. The van der Waals surface area contributed by atoms with E-state index in [4.69, 9.17) is 20.2 Å². The summed E-state index contributed by atoms with van der Waals surface area (Å²) in [5.74, 6) is 2.48. The molecule has 1 amide bonds. The number of aromatic nitrogens is 2. The monoisotopic (exact) mass is 510 g/mol. The Labute approximate surface area is 218 Å². The fraction of sp³-hybridized carbons (Fsp3) is 0.429. The van der Waals surface area contributed by atoms with Gasteiger partial charge < -0.3 is 25.1 Å². The van der Waals surface area contributed by atoms with Gasteiger partial charge in [0.05, 0.1) is 25.6 Å². The molecule has 0 aliphatic rings. The minimum Gasteiger partial charge on any atom is -0.497 e. The van der Waals surface area contributed by atoms with Crippen LogP contribution in [0, 0.1) is 0 Å². The third-order valence-corrected chi connectivity index (χ3v) is 6.85. The van der Waals surface area contributed by atoms with E-state index < -0.39 is 0 Å². The van der Waals surface area contributed by atoms with Gasteiger partial charge in [-0.25, -0.2) is 4.98 Å². The number of nitrogens with two attached hydrogens (primary N) is 1. The van der Waals surface area contributed by atoms with Gasteiger partial charge >= 0.3 is 0 Å². The number of amides is 1. The van der Waals surface area contributed by atoms with Crippen LogP contribution >= 0.6 is 11.8 Å². The lowest BCUT2D eigenvalue weighted by molar-refractivity contribution is -0.121. The molecular formula is C28H38N4O3S. The number of rotatable bonds is 15. The molecule has 1 aromatic heterocycles. The molecule has 0 atom stereocenters. The average Bonchev–Trinajstić information content (AvgIpc) is 3.27. The van der Waals surface area contributed by atoms with Crippen LogP contribution in [-0.2, 0) is 11.3 Å². The summed E-state index contributed by atoms with van der Waals surface area (Å²) >= 11 is 1.67. The molecule has 3 aromatic rings. The van der Waals surface area contributed by atoms with E-state index in [1.807, 2.05) is 36.4 Å². The lowest BCUT2D eigenvalue weighted by Gasteiger charge is -2.13. The second-order valence-corrected chi connectivity index (χ2v) is 9.56. The van der Waals surface area contributed by atoms with E-state index in [1.165, 1.54) is 0 Å². The molecule has 0 bridgehead atoms. The molecule has 0 aliphatic carbocycles. The van der Waals surface area contributed by atoms with Crippen molar-refractivity contribution in [3.63, 3.8) is 0 Å². The van der Waals surface area contributed by atoms with Crippen LogP contribution in [0.15, 0.2) is 53.7 Å². The Balaban J connectivity index is 1.83. The molecule has 0 aliphatic heterocycles. The zero-order valence-electron chi connectivity index (χ0n) is 21.6. The molecule has 0 saturated heterocycles. The van der Waals surface area contributed by atoms with Crippen molar-refractivity contribution in [2.45, 2.75) is 50.7 Å². The second kappa shape index (κ2) is 14.6. The predicted octanol–water partition coefficient (Wildman–Crippen LogP) is 5.37. The van der Waals surface area contributed by atoms with E-state index in [-0.39, 0.29) is 5.91 Å². The highest BCUT2D eigenvalue weighted by atomic mass is 32.2. The van der Waals surface area contributed by atoms with Crippen molar-refractivity contribution in [2.24, 2.45) is 5.73 Å². The van der Waals surface area contributed by atoms with E-state index in [1.54, 1.807) is 26.0 Å². The van der Waals surface area contributed by atoms with Crippen molar-refractivity contribution in [3.05, 3.63) is 48.5 Å². The van der Waals surface area contributed by atoms with Crippen LogP contribution in [0.25, 0.3) is 22.5 Å². The Kier molecular flexibility index (Phi) is 11.2. The zero-order valence-corrected chi connectivity index (χ0v) is 22.4. The van der Waals surface area contributed by atoms with Gasteiger partial charge in [0.2, 0.25) is 5.91 Å². The molecule has 1 heterocycles. The van der Waals surface area contributed by atoms with E-state index >= 15 is 0 Å². The van der Waals surface area contributed by atoms with Crippen LogP contribution in [0.5, 0.6) is 11.5 Å². The Morgan fingerprint density at radius 1 is 0.972 bits per heavy atom. The van der Waals surface area contributed by atoms with Crippen LogP contribution in [0.2, 0.25) is 0 Å². The number of thioether (sulfide) groups is 1. The lowest BCUT2D eigenvalue weighted by atomic mass is 10.0. The number of hydrogen-bond acceptors (Lipinski definition) is 6. The SMILES string of the molecule is CCCn1c(SCCNC(=O)CCCCCN)nc(-c2ccc(OC)cc2)c1-c1ccc(OC)cc1. The third-order valence-electron chi connectivity index (χ3n) is 5.87. The standard InChI is InChI=1S/C28H38N4O3S/c1-4-19-32-27(22-11-15-24(35-3)16-12-22)26(21-9-13-23(34-2)14-10-21)31-28(32)36-20-18-30-25(33)8-6-5-7-17-29/h9-16H,4-8,17-20,29H2,1-3H3,(H,30,33). The first-order valence-corrected chi connectivity index (χ1v) is 13.6. The molecule has 36 heavy (non-hydrogen) atoms. The molecule has 2 aromatic carbocycles. The van der Waals surface area contributed by atoms with Gasteiger partial charge in [-0.1, -0.05) is 25.1 Å². The summed E-state index contributed by atoms with van der Waals surface area (Å²) in [6, 6.07) is 16.1. The van der Waals surface area contributed by atoms with Gasteiger partial charge in [-0.15, -0.1) is 0 Å². The van der Waals surface area contributed by atoms with E-state index in [0.717, 1.165) is 77.2 Å². The van der Waals surface area contributed by atoms with Crippen molar-refractivity contribution in [2.75, 3.05) is 33.1 Å². The number of carbonyl (C=O) groups excluding carboxylic acids is 1. The second-order valence-electron chi connectivity index (χ2n) is 8.50. The molecule has 3 rings (SSSR count). The smallest absolute Gasteiger partial charge is 0.220 e. The number of nitrogens with one attached hydrogen (secondary N) is 1. The largest absolute Gasteiger partial charge is 0.497 e. The van der Waals surface area contributed by atoms with Gasteiger partial charge in [-0.05, 0) is 74.3 Å². The number of ether oxygens (including phenoxy) is 2. The highest BCUT2D eigenvalue weighted by Gasteiger charge is 2.20. The number of benzene rings is 2. The molecule has 0 fully saturated rings. The van der Waals surface area contributed by atoms with Gasteiger partial charge in [0.15, 0.2) is 5.16 Å². The maximum Gasteiger partial charge on any atom is 0.220 e. The summed E-state index contributed by atoms with van der Waals surface area (Å²) in [5.41, 5.74) is 9.65. The van der Waals surface area contributed by atoms with Crippen LogP contribution in [0.3, 0.4) is 0 Å². The summed E-state index contributed by atoms with van der Waals surface area (Å²) in [7, 11) is 3.34. The number of unbranched alkanes of at least 4 members (excludes halogenated alkanes) is 2. The molecule has 0 saturated carbocycles. The van der Waals surface area contributed by atoms with Crippen LogP contribution in [0.1, 0.15) is 39.0 Å². The maximum atomic E-state index is 12.1. The average molecular weight is 511 g/mol. The number of hydrogen-bond donors (Lipinski definition) is 2. The van der Waals surface area contributed by atoms with Crippen LogP contribution in [0.4, 0.5) is 0 Å². The minimum atomic E-state index is 0.0994. The first kappa shape index (κ1) is 27.6. The van der Waals surface area contributed by atoms with Gasteiger partial charge in [-0.3, -0.25) is 4.79 Å². The fourth-order valence-corrected chi connectivity index (χ4v) is 4.87. The number of carbonyl (C=O) groups is 1. The first-order valence-electron chi connectivity index (χ1n) is 12.6. The summed E-state index contributed by atoms with van der Waals surface area (Å²) in [6.45, 7) is 4.30. The zero-order chi connectivity index (χ0) is 25.8. The van der Waals surface area contributed by atoms with Gasteiger partial charge in [0, 0.05) is 36.4 Å². The third kappa shape index (κ3) is 7.51. The molecule has 8 heteroatoms. The molecule has 0 unspecified atom stereocenters. The number of imidazole rings is 1. The Morgan fingerprint density at radius 3 is 2.19 bits per heavy atom. The Morgan fingerprint density at radius 2 is 1.61 bits per heavy atom. The number of nitrogens with zero attached hydrogens (tertiary/aromatic N) is 2. The summed E-state index contributed by atoms with van der Waals surface area (Å²) in [5, 5.41) is 3.99. The topological polar surface area (TPSA) is 91.4 Å². The van der Waals surface area contributed by atoms with Crippen molar-refractivity contribution in [3.8, 4) is 34.0 Å². The van der Waals surface area contributed by atoms with Crippen molar-refractivity contribution in [1.82, 2.24) is 14.9 Å². The first-order chi connectivity index (χ1) is 17.6. The van der Waals surface area contributed by atoms with Crippen molar-refractivity contribution in [1.29, 1.82) is 0 Å². The molecule has 194 valence electrons. The van der Waals surface area contributed by atoms with Gasteiger partial charge in [0.1, 0.15) is 11.5 Å². The van der Waals surface area contributed by atoms with Crippen molar-refractivity contribution < 1.29 is 14.3 Å². The van der Waals surface area contributed by atoms with Gasteiger partial charge in [0.25, 0.3) is 0 Å². The quantitative estimate of drug-likeness (QED) is 0.211. The lowest BCUT2D eigenvalue weighted by Crippen LogP contribution is -2.25. The molecule has 3 N–H and O–H groups in total. The van der Waals surface area contributed by atoms with Crippen molar-refractivity contribution >= 4 is 17.7 Å². The Bertz CT molecular complexity index is 1080. The normalized spacial score (nSPS) is 10.9. The Hall–Kier alpha value is -2.97. The minimum absolute atomic E-state index is 0.0994. The van der Waals surface area contributed by atoms with E-state index in [9.17, 15) is 4.79 Å². The summed E-state index contributed by atoms with van der Waals surface area (Å²) in [6.07, 6.45) is 4.38. The number of methoxy groups -OCH3 is 2. The van der Waals surface area contributed by atoms with Gasteiger partial charge in [-0.2, -0.15) is 0 Å². The van der Waals surface area contributed by atoms with E-state index in [2.05, 4.69) is 28.9 Å². The van der Waals surface area contributed by atoms with Crippen LogP contribution in [-0.4, -0.2) is 48.5 Å². The molecule has 0 radical (unpaired) electrons. The predicted molar refractivity (Wildman–Crippen MR) is 148 cm³/mol.